The fourth-order valence-corrected chi connectivity index (χ4v) is 5.22. The quantitative estimate of drug-likeness (QED) is 0.306. The number of nitrogens with zero attached hydrogens (tertiary/aromatic N) is 3. The zero-order valence-corrected chi connectivity index (χ0v) is 20.4. The second-order valence-corrected chi connectivity index (χ2v) is 9.88. The van der Waals surface area contributed by atoms with Crippen LogP contribution < -0.4 is 0 Å². The predicted molar refractivity (Wildman–Crippen MR) is 133 cm³/mol. The third-order valence-corrected chi connectivity index (χ3v) is 7.22. The van der Waals surface area contributed by atoms with Gasteiger partial charge in [0.15, 0.2) is 0 Å². The highest BCUT2D eigenvalue weighted by Crippen LogP contribution is 2.39. The van der Waals surface area contributed by atoms with Gasteiger partial charge in [-0.1, -0.05) is 29.4 Å². The molecule has 3 heterocycles. The second-order valence-electron chi connectivity index (χ2n) is 9.88. The van der Waals surface area contributed by atoms with Gasteiger partial charge >= 0.3 is 5.97 Å². The van der Waals surface area contributed by atoms with Gasteiger partial charge in [0, 0.05) is 54.9 Å². The van der Waals surface area contributed by atoms with Gasteiger partial charge in [0.1, 0.15) is 5.76 Å². The van der Waals surface area contributed by atoms with Crippen molar-refractivity contribution in [3.63, 3.8) is 0 Å². The highest BCUT2D eigenvalue weighted by atomic mass is 19.3. The number of halogens is 2. The standard InChI is InChI=1S/C28H29F2N3O3/c1-17-26(18(2)36-32-17)22-13-24-27(31-14-22)23(21-6-3-19(4-7-21)5-8-25(34)35)16-33(24)15-20-9-11-28(29,30)12-10-20/h3-4,6-7,13-14,16,20H,5,8-12,15H2,1-2H3,(H,34,35). The van der Waals surface area contributed by atoms with Gasteiger partial charge in [-0.3, -0.25) is 9.78 Å². The number of fused-ring (bicyclic) bond motifs is 1. The van der Waals surface area contributed by atoms with E-state index in [0.717, 1.165) is 50.3 Å². The van der Waals surface area contributed by atoms with Crippen LogP contribution in [0.15, 0.2) is 47.2 Å². The molecule has 0 bridgehead atoms. The highest BCUT2D eigenvalue weighted by molar-refractivity contribution is 5.95. The maximum Gasteiger partial charge on any atom is 0.303 e. The SMILES string of the molecule is Cc1noc(C)c1-c1cnc2c(-c3ccc(CCC(=O)O)cc3)cn(CC3CCC(F)(F)CC3)c2c1. The number of alkyl halides is 2. The number of aliphatic carboxylic acids is 1. The van der Waals surface area contributed by atoms with Crippen LogP contribution in [0.25, 0.3) is 33.3 Å². The van der Waals surface area contributed by atoms with Crippen molar-refractivity contribution in [3.8, 4) is 22.3 Å². The monoisotopic (exact) mass is 493 g/mol. The summed E-state index contributed by atoms with van der Waals surface area (Å²) in [6, 6.07) is 9.95. The molecule has 36 heavy (non-hydrogen) atoms. The number of benzene rings is 1. The van der Waals surface area contributed by atoms with Crippen molar-refractivity contribution in [2.24, 2.45) is 5.92 Å². The normalized spacial score (nSPS) is 16.0. The number of pyridine rings is 1. The molecule has 6 nitrogen and oxygen atoms in total. The Morgan fingerprint density at radius 3 is 2.53 bits per heavy atom. The van der Waals surface area contributed by atoms with E-state index >= 15 is 0 Å². The van der Waals surface area contributed by atoms with Gasteiger partial charge in [-0.05, 0) is 56.2 Å². The van der Waals surface area contributed by atoms with E-state index in [-0.39, 0.29) is 25.2 Å². The van der Waals surface area contributed by atoms with Crippen LogP contribution in [0.1, 0.15) is 49.1 Å². The molecular weight excluding hydrogens is 464 g/mol. The number of hydrogen-bond acceptors (Lipinski definition) is 4. The van der Waals surface area contributed by atoms with Gasteiger partial charge in [-0.25, -0.2) is 8.78 Å². The Morgan fingerprint density at radius 2 is 1.89 bits per heavy atom. The van der Waals surface area contributed by atoms with Crippen molar-refractivity contribution in [1.29, 1.82) is 0 Å². The summed E-state index contributed by atoms with van der Waals surface area (Å²) in [5, 5.41) is 13.0. The van der Waals surface area contributed by atoms with Crippen LogP contribution in [0.2, 0.25) is 0 Å². The first-order chi connectivity index (χ1) is 17.2. The molecule has 3 aromatic heterocycles. The van der Waals surface area contributed by atoms with E-state index in [1.54, 1.807) is 0 Å². The molecule has 1 saturated carbocycles. The van der Waals surface area contributed by atoms with Crippen LogP contribution in [0.3, 0.4) is 0 Å². The van der Waals surface area contributed by atoms with E-state index in [1.807, 2.05) is 44.3 Å². The van der Waals surface area contributed by atoms with Crippen molar-refractivity contribution < 1.29 is 23.2 Å². The van der Waals surface area contributed by atoms with Crippen molar-refractivity contribution >= 4 is 17.0 Å². The Balaban J connectivity index is 1.53. The van der Waals surface area contributed by atoms with Crippen LogP contribution in [0.5, 0.6) is 0 Å². The van der Waals surface area contributed by atoms with Gasteiger partial charge in [0.05, 0.1) is 16.7 Å². The fourth-order valence-electron chi connectivity index (χ4n) is 5.22. The number of carboxylic acids is 1. The predicted octanol–water partition coefficient (Wildman–Crippen LogP) is 6.82. The van der Waals surface area contributed by atoms with Gasteiger partial charge in [-0.15, -0.1) is 0 Å². The molecule has 4 aromatic rings. The lowest BCUT2D eigenvalue weighted by Crippen LogP contribution is -2.26. The van der Waals surface area contributed by atoms with E-state index in [2.05, 4.69) is 22.0 Å². The van der Waals surface area contributed by atoms with E-state index in [1.165, 1.54) is 0 Å². The third kappa shape index (κ3) is 4.90. The minimum absolute atomic E-state index is 0.0654. The Bertz CT molecular complexity index is 1380. The topological polar surface area (TPSA) is 81.2 Å². The second kappa shape index (κ2) is 9.48. The van der Waals surface area contributed by atoms with Gasteiger partial charge < -0.3 is 14.2 Å². The van der Waals surface area contributed by atoms with E-state index in [0.29, 0.717) is 25.8 Å². The number of carboxylic acid groups (broad SMARTS) is 1. The number of carbonyl (C=O) groups is 1. The summed E-state index contributed by atoms with van der Waals surface area (Å²) in [4.78, 5) is 15.7. The molecule has 1 aliphatic carbocycles. The summed E-state index contributed by atoms with van der Waals surface area (Å²) >= 11 is 0. The molecule has 1 aliphatic rings. The average Bonchev–Trinajstić information content (AvgIpc) is 3.38. The number of hydrogen-bond donors (Lipinski definition) is 1. The third-order valence-electron chi connectivity index (χ3n) is 7.22. The number of aromatic nitrogens is 3. The molecule has 0 spiro atoms. The van der Waals surface area contributed by atoms with Crippen molar-refractivity contribution in [2.45, 2.75) is 64.8 Å². The van der Waals surface area contributed by atoms with Crippen molar-refractivity contribution in [2.75, 3.05) is 0 Å². The zero-order valence-electron chi connectivity index (χ0n) is 20.4. The lowest BCUT2D eigenvalue weighted by atomic mass is 9.87. The molecular formula is C28H29F2N3O3. The van der Waals surface area contributed by atoms with Crippen molar-refractivity contribution in [3.05, 3.63) is 59.7 Å². The first kappa shape index (κ1) is 24.2. The van der Waals surface area contributed by atoms with Gasteiger partial charge in [0.2, 0.25) is 5.92 Å². The summed E-state index contributed by atoms with van der Waals surface area (Å²) in [6.07, 6.45) is 5.31. The minimum Gasteiger partial charge on any atom is -0.481 e. The lowest BCUT2D eigenvalue weighted by molar-refractivity contribution is -0.136. The number of aryl methyl sites for hydroxylation is 3. The average molecular weight is 494 g/mol. The Morgan fingerprint density at radius 1 is 1.17 bits per heavy atom. The Labute approximate surface area is 207 Å². The molecule has 0 amide bonds. The Hall–Kier alpha value is -3.55. The number of rotatable bonds is 7. The summed E-state index contributed by atoms with van der Waals surface area (Å²) < 4.78 is 35.0. The molecule has 1 fully saturated rings. The van der Waals surface area contributed by atoms with Crippen LogP contribution in [-0.4, -0.2) is 31.7 Å². The highest BCUT2D eigenvalue weighted by Gasteiger charge is 2.35. The molecule has 0 radical (unpaired) electrons. The summed E-state index contributed by atoms with van der Waals surface area (Å²) in [7, 11) is 0. The van der Waals surface area contributed by atoms with Crippen LogP contribution >= 0.6 is 0 Å². The summed E-state index contributed by atoms with van der Waals surface area (Å²) in [6.45, 7) is 4.42. The first-order valence-corrected chi connectivity index (χ1v) is 12.3. The lowest BCUT2D eigenvalue weighted by Gasteiger charge is -2.28. The van der Waals surface area contributed by atoms with E-state index in [4.69, 9.17) is 14.6 Å². The molecule has 0 unspecified atom stereocenters. The molecule has 1 N–H and O–H groups in total. The molecule has 5 rings (SSSR count). The Kier molecular flexibility index (Phi) is 6.36. The molecule has 1 aromatic carbocycles. The molecule has 0 atom stereocenters. The molecule has 188 valence electrons. The molecule has 0 aliphatic heterocycles. The first-order valence-electron chi connectivity index (χ1n) is 12.3. The van der Waals surface area contributed by atoms with Crippen LogP contribution in [-0.2, 0) is 17.8 Å². The van der Waals surface area contributed by atoms with E-state index < -0.39 is 11.9 Å². The van der Waals surface area contributed by atoms with E-state index in [9.17, 15) is 13.6 Å². The molecule has 8 heteroatoms. The maximum atomic E-state index is 13.7. The summed E-state index contributed by atoms with van der Waals surface area (Å²) in [5.74, 6) is -2.48. The fraction of sp³-hybridized carbons (Fsp3) is 0.393. The smallest absolute Gasteiger partial charge is 0.303 e. The van der Waals surface area contributed by atoms with Crippen molar-refractivity contribution in [1.82, 2.24) is 14.7 Å². The zero-order chi connectivity index (χ0) is 25.4. The largest absolute Gasteiger partial charge is 0.481 e. The van der Waals surface area contributed by atoms with Crippen LogP contribution in [0, 0.1) is 19.8 Å². The minimum atomic E-state index is -2.55. The van der Waals surface area contributed by atoms with Gasteiger partial charge in [0.25, 0.3) is 0 Å². The molecule has 0 saturated heterocycles. The maximum absolute atomic E-state index is 13.7. The van der Waals surface area contributed by atoms with Gasteiger partial charge in [-0.2, -0.15) is 0 Å². The summed E-state index contributed by atoms with van der Waals surface area (Å²) in [5.41, 5.74) is 7.29. The van der Waals surface area contributed by atoms with Crippen LogP contribution in [0.4, 0.5) is 8.78 Å².